The van der Waals surface area contributed by atoms with Gasteiger partial charge in [0.2, 0.25) is 5.91 Å². The molecule has 5 nitrogen and oxygen atoms in total. The Balaban J connectivity index is 1.46. The number of halogens is 3. The number of carbonyl (C=O) groups is 2. The Labute approximate surface area is 226 Å². The summed E-state index contributed by atoms with van der Waals surface area (Å²) in [6.45, 7) is 1.95. The number of nitrogens with zero attached hydrogens (tertiary/aromatic N) is 2. The molecule has 1 heterocycles. The first-order valence-electron chi connectivity index (χ1n) is 11.8. The molecule has 2 amide bonds. The van der Waals surface area contributed by atoms with E-state index in [1.807, 2.05) is 59.5 Å². The van der Waals surface area contributed by atoms with Crippen molar-refractivity contribution in [3.8, 4) is 0 Å². The predicted octanol–water partition coefficient (Wildman–Crippen LogP) is 6.15. The molecule has 1 fully saturated rings. The second-order valence-corrected chi connectivity index (χ2v) is 10.00. The third-order valence-corrected chi connectivity index (χ3v) is 7.18. The van der Waals surface area contributed by atoms with Crippen LogP contribution < -0.4 is 0 Å². The van der Waals surface area contributed by atoms with Crippen LogP contribution in [0.5, 0.6) is 0 Å². The molecule has 36 heavy (non-hydrogen) atoms. The normalized spacial score (nSPS) is 15.0. The van der Waals surface area contributed by atoms with E-state index < -0.39 is 0 Å². The molecule has 0 radical (unpaired) electrons. The molecule has 0 spiro atoms. The van der Waals surface area contributed by atoms with Crippen molar-refractivity contribution in [1.29, 1.82) is 0 Å². The minimum absolute atomic E-state index is 0.00623. The molecule has 0 N–H and O–H groups in total. The van der Waals surface area contributed by atoms with Crippen LogP contribution in [0, 0.1) is 0 Å². The SMILES string of the molecule is O=C(c1ccc(Cl)c(Cl)c1)N1CCC(=O)N([C@H](COCc2cccc(Cl)c2)Cc2ccccc2)CC1. The van der Waals surface area contributed by atoms with Crippen LogP contribution in [0.2, 0.25) is 15.1 Å². The van der Waals surface area contributed by atoms with Gasteiger partial charge in [0, 0.05) is 36.6 Å². The van der Waals surface area contributed by atoms with Gasteiger partial charge in [-0.2, -0.15) is 0 Å². The van der Waals surface area contributed by atoms with Crippen molar-refractivity contribution < 1.29 is 14.3 Å². The minimum Gasteiger partial charge on any atom is -0.375 e. The van der Waals surface area contributed by atoms with Gasteiger partial charge in [0.15, 0.2) is 0 Å². The average Bonchev–Trinajstić information content (AvgIpc) is 3.07. The van der Waals surface area contributed by atoms with Crippen molar-refractivity contribution in [3.63, 3.8) is 0 Å². The van der Waals surface area contributed by atoms with Gasteiger partial charge in [0.05, 0.1) is 29.3 Å². The summed E-state index contributed by atoms with van der Waals surface area (Å²) < 4.78 is 6.06. The van der Waals surface area contributed by atoms with Crippen molar-refractivity contribution in [2.24, 2.45) is 0 Å². The molecule has 1 saturated heterocycles. The molecule has 1 atom stereocenters. The molecule has 3 aromatic rings. The Morgan fingerprint density at radius 2 is 1.64 bits per heavy atom. The van der Waals surface area contributed by atoms with Crippen LogP contribution in [-0.4, -0.2) is 53.9 Å². The average molecular weight is 546 g/mol. The van der Waals surface area contributed by atoms with Gasteiger partial charge in [-0.15, -0.1) is 0 Å². The number of rotatable bonds is 8. The zero-order valence-electron chi connectivity index (χ0n) is 19.7. The number of hydrogen-bond acceptors (Lipinski definition) is 3. The van der Waals surface area contributed by atoms with Gasteiger partial charge in [-0.1, -0.05) is 77.3 Å². The van der Waals surface area contributed by atoms with E-state index in [1.165, 1.54) is 0 Å². The third kappa shape index (κ3) is 7.01. The number of amides is 2. The molecule has 188 valence electrons. The van der Waals surface area contributed by atoms with Crippen LogP contribution >= 0.6 is 34.8 Å². The van der Waals surface area contributed by atoms with Crippen molar-refractivity contribution in [2.45, 2.75) is 25.5 Å². The van der Waals surface area contributed by atoms with Gasteiger partial charge in [-0.05, 0) is 47.9 Å². The van der Waals surface area contributed by atoms with E-state index in [0.29, 0.717) is 59.9 Å². The first kappa shape index (κ1) is 26.5. The summed E-state index contributed by atoms with van der Waals surface area (Å²) >= 11 is 18.2. The monoisotopic (exact) mass is 544 g/mol. The molecule has 0 aliphatic carbocycles. The molecule has 8 heteroatoms. The highest BCUT2D eigenvalue weighted by atomic mass is 35.5. The van der Waals surface area contributed by atoms with E-state index in [1.54, 1.807) is 23.1 Å². The van der Waals surface area contributed by atoms with Crippen LogP contribution in [0.15, 0.2) is 72.8 Å². The topological polar surface area (TPSA) is 49.9 Å². The van der Waals surface area contributed by atoms with E-state index >= 15 is 0 Å². The second-order valence-electron chi connectivity index (χ2n) is 8.75. The highest BCUT2D eigenvalue weighted by Gasteiger charge is 2.29. The highest BCUT2D eigenvalue weighted by molar-refractivity contribution is 6.42. The maximum absolute atomic E-state index is 13.2. The lowest BCUT2D eigenvalue weighted by Crippen LogP contribution is -2.45. The molecule has 0 saturated carbocycles. The number of carbonyl (C=O) groups excluding carboxylic acids is 2. The number of ether oxygens (including phenoxy) is 1. The summed E-state index contributed by atoms with van der Waals surface area (Å²) in [5, 5.41) is 1.38. The largest absolute Gasteiger partial charge is 0.375 e. The Kier molecular flexibility index (Phi) is 9.27. The zero-order chi connectivity index (χ0) is 25.5. The molecule has 1 aliphatic rings. The summed E-state index contributed by atoms with van der Waals surface area (Å²) in [5.41, 5.74) is 2.55. The number of benzene rings is 3. The molecular formula is C28H27Cl3N2O3. The Morgan fingerprint density at radius 1 is 0.861 bits per heavy atom. The van der Waals surface area contributed by atoms with Gasteiger partial charge in [0.25, 0.3) is 5.91 Å². The van der Waals surface area contributed by atoms with Crippen LogP contribution in [0.25, 0.3) is 0 Å². The predicted molar refractivity (Wildman–Crippen MR) is 144 cm³/mol. The van der Waals surface area contributed by atoms with Crippen LogP contribution in [0.1, 0.15) is 27.9 Å². The zero-order valence-corrected chi connectivity index (χ0v) is 22.0. The molecule has 3 aromatic carbocycles. The van der Waals surface area contributed by atoms with Crippen LogP contribution in [-0.2, 0) is 22.6 Å². The molecule has 0 aromatic heterocycles. The Hall–Kier alpha value is -2.57. The van der Waals surface area contributed by atoms with Gasteiger partial charge in [-0.25, -0.2) is 0 Å². The summed E-state index contributed by atoms with van der Waals surface area (Å²) in [6, 6.07) is 22.3. The highest BCUT2D eigenvalue weighted by Crippen LogP contribution is 2.24. The van der Waals surface area contributed by atoms with Crippen LogP contribution in [0.4, 0.5) is 0 Å². The van der Waals surface area contributed by atoms with Gasteiger partial charge < -0.3 is 14.5 Å². The smallest absolute Gasteiger partial charge is 0.253 e. The minimum atomic E-state index is -0.167. The lowest BCUT2D eigenvalue weighted by atomic mass is 10.0. The van der Waals surface area contributed by atoms with E-state index in [2.05, 4.69) is 0 Å². The maximum atomic E-state index is 13.2. The summed E-state index contributed by atoms with van der Waals surface area (Å²) in [5.74, 6) is -0.160. The first-order chi connectivity index (χ1) is 17.4. The fourth-order valence-corrected chi connectivity index (χ4v) is 4.84. The summed E-state index contributed by atoms with van der Waals surface area (Å²) in [4.78, 5) is 29.9. The van der Waals surface area contributed by atoms with Gasteiger partial charge in [-0.3, -0.25) is 9.59 Å². The molecule has 0 unspecified atom stereocenters. The van der Waals surface area contributed by atoms with Crippen LogP contribution in [0.3, 0.4) is 0 Å². The van der Waals surface area contributed by atoms with Crippen molar-refractivity contribution in [2.75, 3.05) is 26.2 Å². The molecule has 0 bridgehead atoms. The standard InChI is InChI=1S/C28H27Cl3N2O3/c29-23-8-4-7-21(15-23)18-36-19-24(16-20-5-2-1-3-6-20)33-14-13-32(12-11-27(33)34)28(35)22-9-10-25(30)26(31)17-22/h1-10,15,17,24H,11-14,16,18-19H2/t24-/m0/s1. The summed E-state index contributed by atoms with van der Waals surface area (Å²) in [6.07, 6.45) is 0.898. The quantitative estimate of drug-likeness (QED) is 0.341. The Morgan fingerprint density at radius 3 is 2.39 bits per heavy atom. The fraction of sp³-hybridized carbons (Fsp3) is 0.286. The lowest BCUT2D eigenvalue weighted by Gasteiger charge is -2.31. The van der Waals surface area contributed by atoms with Crippen molar-refractivity contribution >= 4 is 46.6 Å². The van der Waals surface area contributed by atoms with E-state index in [9.17, 15) is 9.59 Å². The van der Waals surface area contributed by atoms with Gasteiger partial charge >= 0.3 is 0 Å². The van der Waals surface area contributed by atoms with Crippen molar-refractivity contribution in [3.05, 3.63) is 105 Å². The second kappa shape index (κ2) is 12.6. The molecular weight excluding hydrogens is 519 g/mol. The number of hydrogen-bond donors (Lipinski definition) is 0. The fourth-order valence-electron chi connectivity index (χ4n) is 4.33. The van der Waals surface area contributed by atoms with E-state index in [4.69, 9.17) is 39.5 Å². The molecule has 4 rings (SSSR count). The summed E-state index contributed by atoms with van der Waals surface area (Å²) in [7, 11) is 0. The Bertz CT molecular complexity index is 1210. The van der Waals surface area contributed by atoms with E-state index in [-0.39, 0.29) is 24.3 Å². The third-order valence-electron chi connectivity index (χ3n) is 6.20. The lowest BCUT2D eigenvalue weighted by molar-refractivity contribution is -0.134. The maximum Gasteiger partial charge on any atom is 0.253 e. The first-order valence-corrected chi connectivity index (χ1v) is 12.9. The van der Waals surface area contributed by atoms with Gasteiger partial charge in [0.1, 0.15) is 0 Å². The van der Waals surface area contributed by atoms with E-state index in [0.717, 1.165) is 11.1 Å². The molecule has 1 aliphatic heterocycles. The van der Waals surface area contributed by atoms with Crippen molar-refractivity contribution in [1.82, 2.24) is 9.80 Å².